The largest absolute Gasteiger partial charge is 0.359 e. The lowest BCUT2D eigenvalue weighted by Crippen LogP contribution is -2.45. The molecule has 5 nitrogen and oxygen atoms in total. The molecule has 25 heavy (non-hydrogen) atoms. The number of rotatable bonds is 5. The summed E-state index contributed by atoms with van der Waals surface area (Å²) in [6, 6.07) is 9.18. The molecule has 1 atom stereocenters. The molecule has 1 saturated heterocycles. The average Bonchev–Trinajstić information content (AvgIpc) is 2.92. The molecule has 134 valence electrons. The molecule has 3 rings (SSSR count). The van der Waals surface area contributed by atoms with Crippen molar-refractivity contribution in [3.63, 3.8) is 0 Å². The fraction of sp³-hybridized carbons (Fsp3) is 0.474. The molecule has 6 heteroatoms. The Labute approximate surface area is 153 Å². The van der Waals surface area contributed by atoms with Crippen LogP contribution in [0.4, 0.5) is 0 Å². The van der Waals surface area contributed by atoms with Crippen LogP contribution in [0.15, 0.2) is 34.9 Å². The van der Waals surface area contributed by atoms with Gasteiger partial charge in [-0.15, -0.1) is 0 Å². The SMILES string of the molecule is C[C@H](C(=O)NCc1cc(-c2ccccc2Cl)no1)N1CCCCCC1. The van der Waals surface area contributed by atoms with Gasteiger partial charge in [-0.3, -0.25) is 9.69 Å². The van der Waals surface area contributed by atoms with Gasteiger partial charge in [0.05, 0.1) is 17.6 Å². The molecule has 0 radical (unpaired) electrons. The van der Waals surface area contributed by atoms with Crippen molar-refractivity contribution >= 4 is 17.5 Å². The zero-order valence-electron chi connectivity index (χ0n) is 14.5. The van der Waals surface area contributed by atoms with Gasteiger partial charge in [-0.25, -0.2) is 0 Å². The molecule has 1 amide bonds. The zero-order valence-corrected chi connectivity index (χ0v) is 15.3. The highest BCUT2D eigenvalue weighted by atomic mass is 35.5. The second kappa shape index (κ2) is 8.50. The number of amides is 1. The van der Waals surface area contributed by atoms with Gasteiger partial charge in [-0.1, -0.05) is 47.8 Å². The van der Waals surface area contributed by atoms with Gasteiger partial charge in [0, 0.05) is 11.6 Å². The van der Waals surface area contributed by atoms with Crippen molar-refractivity contribution < 1.29 is 9.32 Å². The molecular weight excluding hydrogens is 338 g/mol. The van der Waals surface area contributed by atoms with Gasteiger partial charge in [0.2, 0.25) is 5.91 Å². The molecule has 0 saturated carbocycles. The lowest BCUT2D eigenvalue weighted by molar-refractivity contribution is -0.126. The Bertz CT molecular complexity index is 708. The highest BCUT2D eigenvalue weighted by Gasteiger charge is 2.22. The predicted molar refractivity (Wildman–Crippen MR) is 98.3 cm³/mol. The lowest BCUT2D eigenvalue weighted by atomic mass is 10.1. The Hall–Kier alpha value is -1.85. The molecule has 1 aliphatic rings. The lowest BCUT2D eigenvalue weighted by Gasteiger charge is -2.26. The van der Waals surface area contributed by atoms with E-state index < -0.39 is 0 Å². The van der Waals surface area contributed by atoms with E-state index in [0.29, 0.717) is 23.0 Å². The number of halogens is 1. The quantitative estimate of drug-likeness (QED) is 0.878. The summed E-state index contributed by atoms with van der Waals surface area (Å²) in [6.45, 7) is 4.28. The Morgan fingerprint density at radius 1 is 1.28 bits per heavy atom. The summed E-state index contributed by atoms with van der Waals surface area (Å²) < 4.78 is 5.33. The van der Waals surface area contributed by atoms with E-state index in [-0.39, 0.29) is 11.9 Å². The summed E-state index contributed by atoms with van der Waals surface area (Å²) in [6.07, 6.45) is 4.85. The van der Waals surface area contributed by atoms with E-state index in [1.54, 1.807) is 0 Å². The van der Waals surface area contributed by atoms with Gasteiger partial charge in [0.25, 0.3) is 0 Å². The van der Waals surface area contributed by atoms with E-state index in [1.165, 1.54) is 25.7 Å². The summed E-state index contributed by atoms with van der Waals surface area (Å²) in [4.78, 5) is 14.7. The molecule has 1 aromatic carbocycles. The minimum Gasteiger partial charge on any atom is -0.359 e. The zero-order chi connectivity index (χ0) is 17.6. The second-order valence-corrected chi connectivity index (χ2v) is 6.91. The number of carbonyl (C=O) groups excluding carboxylic acids is 1. The molecule has 0 spiro atoms. The summed E-state index contributed by atoms with van der Waals surface area (Å²) in [5.74, 6) is 0.643. The van der Waals surface area contributed by atoms with Gasteiger partial charge in [0.1, 0.15) is 5.69 Å². The maximum Gasteiger partial charge on any atom is 0.237 e. The van der Waals surface area contributed by atoms with Crippen molar-refractivity contribution in [1.82, 2.24) is 15.4 Å². The van der Waals surface area contributed by atoms with Crippen LogP contribution in [0.25, 0.3) is 11.3 Å². The van der Waals surface area contributed by atoms with Crippen LogP contribution >= 0.6 is 11.6 Å². The van der Waals surface area contributed by atoms with Crippen LogP contribution in [0.5, 0.6) is 0 Å². The number of nitrogens with zero attached hydrogens (tertiary/aromatic N) is 2. The van der Waals surface area contributed by atoms with Crippen molar-refractivity contribution in [3.8, 4) is 11.3 Å². The van der Waals surface area contributed by atoms with E-state index in [1.807, 2.05) is 37.3 Å². The molecule has 2 aromatic rings. The molecular formula is C19H24ClN3O2. The molecule has 1 fully saturated rings. The highest BCUT2D eigenvalue weighted by Crippen LogP contribution is 2.26. The number of hydrogen-bond acceptors (Lipinski definition) is 4. The van der Waals surface area contributed by atoms with Crippen molar-refractivity contribution in [2.75, 3.05) is 13.1 Å². The Morgan fingerprint density at radius 2 is 2.00 bits per heavy atom. The predicted octanol–water partition coefficient (Wildman–Crippen LogP) is 3.88. The molecule has 0 bridgehead atoms. The summed E-state index contributed by atoms with van der Waals surface area (Å²) in [5.41, 5.74) is 1.50. The van der Waals surface area contributed by atoms with Crippen LogP contribution in [0, 0.1) is 0 Å². The standard InChI is InChI=1S/C19H24ClN3O2/c1-14(23-10-6-2-3-7-11-23)19(24)21-13-15-12-18(22-25-15)16-8-4-5-9-17(16)20/h4-5,8-9,12,14H,2-3,6-7,10-11,13H2,1H3,(H,21,24)/t14-/m1/s1. The van der Waals surface area contributed by atoms with Crippen molar-refractivity contribution in [3.05, 3.63) is 41.1 Å². The van der Waals surface area contributed by atoms with Crippen LogP contribution < -0.4 is 5.32 Å². The number of likely N-dealkylation sites (tertiary alicyclic amines) is 1. The number of carbonyl (C=O) groups is 1. The molecule has 0 aliphatic carbocycles. The second-order valence-electron chi connectivity index (χ2n) is 6.50. The molecule has 1 aliphatic heterocycles. The minimum atomic E-state index is -0.121. The number of aromatic nitrogens is 1. The van der Waals surface area contributed by atoms with Crippen molar-refractivity contribution in [2.45, 2.75) is 45.2 Å². The first-order chi connectivity index (χ1) is 12.1. The van der Waals surface area contributed by atoms with Gasteiger partial charge in [-0.05, 0) is 38.9 Å². The van der Waals surface area contributed by atoms with Crippen LogP contribution in [0.2, 0.25) is 5.02 Å². The Morgan fingerprint density at radius 3 is 2.72 bits per heavy atom. The first kappa shape index (κ1) is 18.0. The van der Waals surface area contributed by atoms with Crippen LogP contribution in [0.3, 0.4) is 0 Å². The fourth-order valence-electron chi connectivity index (χ4n) is 3.16. The summed E-state index contributed by atoms with van der Waals surface area (Å²) >= 11 is 6.18. The first-order valence-electron chi connectivity index (χ1n) is 8.87. The number of hydrogen-bond donors (Lipinski definition) is 1. The third-order valence-corrected chi connectivity index (χ3v) is 5.04. The van der Waals surface area contributed by atoms with Gasteiger partial charge >= 0.3 is 0 Å². The van der Waals surface area contributed by atoms with Crippen LogP contribution in [-0.2, 0) is 11.3 Å². The van der Waals surface area contributed by atoms with Gasteiger partial charge < -0.3 is 9.84 Å². The van der Waals surface area contributed by atoms with Gasteiger partial charge in [-0.2, -0.15) is 0 Å². The highest BCUT2D eigenvalue weighted by molar-refractivity contribution is 6.33. The van der Waals surface area contributed by atoms with Crippen molar-refractivity contribution in [2.24, 2.45) is 0 Å². The maximum atomic E-state index is 12.4. The third kappa shape index (κ3) is 4.61. The van der Waals surface area contributed by atoms with Crippen LogP contribution in [0.1, 0.15) is 38.4 Å². The van der Waals surface area contributed by atoms with E-state index in [2.05, 4.69) is 15.4 Å². The fourth-order valence-corrected chi connectivity index (χ4v) is 3.39. The Kier molecular flexibility index (Phi) is 6.10. The van der Waals surface area contributed by atoms with E-state index in [9.17, 15) is 4.79 Å². The molecule has 1 N–H and O–H groups in total. The smallest absolute Gasteiger partial charge is 0.237 e. The van der Waals surface area contributed by atoms with Crippen molar-refractivity contribution in [1.29, 1.82) is 0 Å². The molecule has 2 heterocycles. The summed E-state index contributed by atoms with van der Waals surface area (Å²) in [7, 11) is 0. The minimum absolute atomic E-state index is 0.0255. The van der Waals surface area contributed by atoms with Gasteiger partial charge in [0.15, 0.2) is 5.76 Å². The third-order valence-electron chi connectivity index (χ3n) is 4.71. The first-order valence-corrected chi connectivity index (χ1v) is 9.25. The van der Waals surface area contributed by atoms with E-state index in [0.717, 1.165) is 18.7 Å². The monoisotopic (exact) mass is 361 g/mol. The molecule has 1 aromatic heterocycles. The number of nitrogens with one attached hydrogen (secondary N) is 1. The Balaban J connectivity index is 1.56. The topological polar surface area (TPSA) is 58.4 Å². The average molecular weight is 362 g/mol. The molecule has 0 unspecified atom stereocenters. The summed E-state index contributed by atoms with van der Waals surface area (Å²) in [5, 5.41) is 7.63. The maximum absolute atomic E-state index is 12.4. The van der Waals surface area contributed by atoms with E-state index >= 15 is 0 Å². The number of benzene rings is 1. The normalized spacial score (nSPS) is 17.0. The van der Waals surface area contributed by atoms with Crippen LogP contribution in [-0.4, -0.2) is 35.1 Å². The van der Waals surface area contributed by atoms with E-state index in [4.69, 9.17) is 16.1 Å².